The Balaban J connectivity index is 1.73. The summed E-state index contributed by atoms with van der Waals surface area (Å²) in [5, 5.41) is 2.89. The van der Waals surface area contributed by atoms with Crippen LogP contribution in [0.3, 0.4) is 0 Å². The van der Waals surface area contributed by atoms with Crippen LogP contribution in [0.1, 0.15) is 24.0 Å². The van der Waals surface area contributed by atoms with Gasteiger partial charge in [0.25, 0.3) is 0 Å². The molecule has 0 radical (unpaired) electrons. The first-order valence-electron chi connectivity index (χ1n) is 7.19. The van der Waals surface area contributed by atoms with Crippen molar-refractivity contribution in [3.63, 3.8) is 0 Å². The average molecular weight is 375 g/mol. The molecule has 0 aliphatic carbocycles. The van der Waals surface area contributed by atoms with Crippen LogP contribution in [0, 0.1) is 0 Å². The van der Waals surface area contributed by atoms with Gasteiger partial charge < -0.3 is 10.1 Å². The van der Waals surface area contributed by atoms with Gasteiger partial charge in [0, 0.05) is 23.0 Å². The zero-order chi connectivity index (χ0) is 14.9. The van der Waals surface area contributed by atoms with Crippen LogP contribution >= 0.6 is 15.9 Å². The lowest BCUT2D eigenvalue weighted by Gasteiger charge is -2.23. The van der Waals surface area contributed by atoms with Gasteiger partial charge in [0.1, 0.15) is 5.75 Å². The van der Waals surface area contributed by atoms with Gasteiger partial charge in [-0.15, -0.1) is 0 Å². The van der Waals surface area contributed by atoms with Gasteiger partial charge in [0.15, 0.2) is 0 Å². The van der Waals surface area contributed by atoms with E-state index in [4.69, 9.17) is 4.74 Å². The lowest BCUT2D eigenvalue weighted by atomic mass is 10.1. The predicted molar refractivity (Wildman–Crippen MR) is 85.0 cm³/mol. The molecule has 7 heteroatoms. The summed E-state index contributed by atoms with van der Waals surface area (Å²) in [5.74, 6) is 0.839. The van der Waals surface area contributed by atoms with Crippen molar-refractivity contribution in [1.29, 1.82) is 0 Å². The molecule has 2 aliphatic heterocycles. The Labute approximate surface area is 133 Å². The third-order valence-electron chi connectivity index (χ3n) is 4.01. The van der Waals surface area contributed by atoms with Crippen molar-refractivity contribution >= 4 is 26.0 Å². The molecule has 0 saturated carbocycles. The third kappa shape index (κ3) is 3.41. The first-order valence-corrected chi connectivity index (χ1v) is 9.53. The summed E-state index contributed by atoms with van der Waals surface area (Å²) in [6.07, 6.45) is 2.22. The molecule has 1 fully saturated rings. The minimum atomic E-state index is -3.27. The average Bonchev–Trinajstić information content (AvgIpc) is 2.94. The second-order valence-electron chi connectivity index (χ2n) is 5.47. The number of halogens is 1. The monoisotopic (exact) mass is 374 g/mol. The van der Waals surface area contributed by atoms with E-state index in [-0.39, 0.29) is 11.8 Å². The SMILES string of the molecule is O=S(=O)(NCc1cc(Br)cc2c1OCC2)C1CCNCC1. The smallest absolute Gasteiger partial charge is 0.214 e. The van der Waals surface area contributed by atoms with Crippen molar-refractivity contribution in [2.75, 3.05) is 19.7 Å². The maximum atomic E-state index is 12.4. The van der Waals surface area contributed by atoms with Gasteiger partial charge in [-0.25, -0.2) is 13.1 Å². The highest BCUT2D eigenvalue weighted by Gasteiger charge is 2.27. The van der Waals surface area contributed by atoms with E-state index < -0.39 is 10.0 Å². The molecule has 1 aromatic carbocycles. The zero-order valence-corrected chi connectivity index (χ0v) is 14.1. The summed E-state index contributed by atoms with van der Waals surface area (Å²) < 4.78 is 34.0. The number of fused-ring (bicyclic) bond motifs is 1. The fourth-order valence-corrected chi connectivity index (χ4v) is 4.88. The molecule has 1 saturated heterocycles. The van der Waals surface area contributed by atoms with Crippen molar-refractivity contribution in [2.45, 2.75) is 31.1 Å². The largest absolute Gasteiger partial charge is 0.493 e. The van der Waals surface area contributed by atoms with Gasteiger partial charge >= 0.3 is 0 Å². The van der Waals surface area contributed by atoms with Crippen molar-refractivity contribution in [3.8, 4) is 5.75 Å². The number of sulfonamides is 1. The van der Waals surface area contributed by atoms with E-state index in [9.17, 15) is 8.42 Å². The Hall–Kier alpha value is -0.630. The maximum Gasteiger partial charge on any atom is 0.214 e. The lowest BCUT2D eigenvalue weighted by Crippen LogP contribution is -2.41. The quantitative estimate of drug-likeness (QED) is 0.838. The molecule has 0 aromatic heterocycles. The molecule has 0 unspecified atom stereocenters. The first kappa shape index (κ1) is 15.3. The van der Waals surface area contributed by atoms with Gasteiger partial charge in [0.2, 0.25) is 10.0 Å². The molecular formula is C14H19BrN2O3S. The Morgan fingerprint density at radius 2 is 2.10 bits per heavy atom. The van der Waals surface area contributed by atoms with Gasteiger partial charge in [-0.1, -0.05) is 15.9 Å². The highest BCUT2D eigenvalue weighted by Crippen LogP contribution is 2.33. The van der Waals surface area contributed by atoms with Crippen LogP contribution in [0.15, 0.2) is 16.6 Å². The van der Waals surface area contributed by atoms with Crippen LogP contribution < -0.4 is 14.8 Å². The number of ether oxygens (including phenoxy) is 1. The van der Waals surface area contributed by atoms with E-state index in [2.05, 4.69) is 26.0 Å². The summed E-state index contributed by atoms with van der Waals surface area (Å²) in [5.41, 5.74) is 2.04. The van der Waals surface area contributed by atoms with Crippen molar-refractivity contribution in [3.05, 3.63) is 27.7 Å². The molecule has 2 aliphatic rings. The fraction of sp³-hybridized carbons (Fsp3) is 0.571. The van der Waals surface area contributed by atoms with E-state index in [0.717, 1.165) is 40.9 Å². The maximum absolute atomic E-state index is 12.4. The van der Waals surface area contributed by atoms with E-state index in [1.807, 2.05) is 12.1 Å². The molecule has 116 valence electrons. The first-order chi connectivity index (χ1) is 10.1. The molecule has 5 nitrogen and oxygen atoms in total. The number of hydrogen-bond donors (Lipinski definition) is 2. The number of nitrogens with one attached hydrogen (secondary N) is 2. The Morgan fingerprint density at radius 3 is 2.86 bits per heavy atom. The molecule has 0 amide bonds. The minimum absolute atomic E-state index is 0.286. The van der Waals surface area contributed by atoms with Gasteiger partial charge in [-0.05, 0) is 43.6 Å². The molecule has 21 heavy (non-hydrogen) atoms. The summed E-state index contributed by atoms with van der Waals surface area (Å²) in [4.78, 5) is 0. The fourth-order valence-electron chi connectivity index (χ4n) is 2.88. The molecule has 0 bridgehead atoms. The topological polar surface area (TPSA) is 67.4 Å². The van der Waals surface area contributed by atoms with Gasteiger partial charge in [-0.3, -0.25) is 0 Å². The van der Waals surface area contributed by atoms with Gasteiger partial charge in [-0.2, -0.15) is 0 Å². The Kier molecular flexibility index (Phi) is 4.54. The van der Waals surface area contributed by atoms with E-state index in [1.165, 1.54) is 0 Å². The molecule has 0 atom stereocenters. The summed E-state index contributed by atoms with van der Waals surface area (Å²) in [6, 6.07) is 3.96. The second-order valence-corrected chi connectivity index (χ2v) is 8.43. The second kappa shape index (κ2) is 6.24. The molecule has 1 aromatic rings. The van der Waals surface area contributed by atoms with E-state index in [1.54, 1.807) is 0 Å². The molecule has 2 N–H and O–H groups in total. The van der Waals surface area contributed by atoms with Crippen LogP contribution in [0.25, 0.3) is 0 Å². The standard InChI is InChI=1S/C14H19BrN2O3S/c15-12-7-10-3-6-20-14(10)11(8-12)9-17-21(18,19)13-1-4-16-5-2-13/h7-8,13,16-17H,1-6,9H2. The summed E-state index contributed by atoms with van der Waals surface area (Å²) in [6.45, 7) is 2.48. The Bertz CT molecular complexity index is 627. The minimum Gasteiger partial charge on any atom is -0.493 e. The number of benzene rings is 1. The van der Waals surface area contributed by atoms with E-state index >= 15 is 0 Å². The number of hydrogen-bond acceptors (Lipinski definition) is 4. The van der Waals surface area contributed by atoms with Crippen LogP contribution in [0.2, 0.25) is 0 Å². The molecule has 2 heterocycles. The highest BCUT2D eigenvalue weighted by molar-refractivity contribution is 9.10. The summed E-state index contributed by atoms with van der Waals surface area (Å²) in [7, 11) is -3.27. The van der Waals surface area contributed by atoms with E-state index in [0.29, 0.717) is 19.4 Å². The molecule has 3 rings (SSSR count). The zero-order valence-electron chi connectivity index (χ0n) is 11.7. The summed E-state index contributed by atoms with van der Waals surface area (Å²) >= 11 is 3.47. The molecular weight excluding hydrogens is 356 g/mol. The van der Waals surface area contributed by atoms with Crippen molar-refractivity contribution < 1.29 is 13.2 Å². The van der Waals surface area contributed by atoms with Crippen LogP contribution in [-0.2, 0) is 23.0 Å². The number of piperidine rings is 1. The van der Waals surface area contributed by atoms with Crippen LogP contribution in [0.5, 0.6) is 5.75 Å². The van der Waals surface area contributed by atoms with Crippen LogP contribution in [-0.4, -0.2) is 33.4 Å². The Morgan fingerprint density at radius 1 is 1.33 bits per heavy atom. The van der Waals surface area contributed by atoms with Gasteiger partial charge in [0.05, 0.1) is 11.9 Å². The predicted octanol–water partition coefficient (Wildman–Crippen LogP) is 1.56. The number of rotatable bonds is 4. The van der Waals surface area contributed by atoms with Crippen molar-refractivity contribution in [1.82, 2.24) is 10.0 Å². The normalized spacial score (nSPS) is 19.3. The van der Waals surface area contributed by atoms with Crippen LogP contribution in [0.4, 0.5) is 0 Å². The third-order valence-corrected chi connectivity index (χ3v) is 6.37. The lowest BCUT2D eigenvalue weighted by molar-refractivity contribution is 0.353. The highest BCUT2D eigenvalue weighted by atomic mass is 79.9. The van der Waals surface area contributed by atoms with Crippen molar-refractivity contribution in [2.24, 2.45) is 0 Å². The molecule has 0 spiro atoms.